The van der Waals surface area contributed by atoms with Crippen LogP contribution in [-0.2, 0) is 38.2 Å². The Morgan fingerprint density at radius 1 is 0.615 bits per heavy atom. The summed E-state index contributed by atoms with van der Waals surface area (Å²) in [4.78, 5) is 65.4. The van der Waals surface area contributed by atoms with Crippen molar-refractivity contribution >= 4 is 34.9 Å². The van der Waals surface area contributed by atoms with Crippen LogP contribution in [0.1, 0.15) is 29.1 Å². The molecule has 11 heteroatoms. The number of furan rings is 1. The number of carbonyl (C=O) groups excluding carboxylic acids is 6. The number of fused-ring (bicyclic) bond motifs is 10. The van der Waals surface area contributed by atoms with E-state index in [4.69, 9.17) is 9.47 Å². The number of imide groups is 1. The average molecular weight is 568 g/mol. The van der Waals surface area contributed by atoms with Gasteiger partial charge in [-0.25, -0.2) is 0 Å². The maximum Gasteiger partial charge on any atom is 1.00 e. The summed E-state index contributed by atoms with van der Waals surface area (Å²) in [5.41, 5.74) is 0. The number of rotatable bonds is 0. The number of hydrogen-bond donors (Lipinski definition) is 1. The van der Waals surface area contributed by atoms with Crippen LogP contribution in [0, 0.1) is 23.7 Å². The molecular weight excluding hydrogens is 533 g/mol. The number of Topliss-reactive ketones (excluding diaryl/α,β-unsaturated/α-hetero) is 2. The first-order chi connectivity index (χ1) is 17.3. The summed E-state index contributed by atoms with van der Waals surface area (Å²) in [5.74, 6) is -1.18. The molecule has 1 aromatic rings. The first kappa shape index (κ1) is 33.1. The Bertz CT molecular complexity index is 1060. The summed E-state index contributed by atoms with van der Waals surface area (Å²) in [5, 5.41) is 2.32. The van der Waals surface area contributed by atoms with Crippen LogP contribution in [0.4, 0.5) is 0 Å². The van der Waals surface area contributed by atoms with Gasteiger partial charge < -0.3 is 13.9 Å². The van der Waals surface area contributed by atoms with E-state index >= 15 is 0 Å². The van der Waals surface area contributed by atoms with E-state index in [1.54, 1.807) is 12.5 Å². The number of allylic oxidation sites excluding steroid dienone is 2. The van der Waals surface area contributed by atoms with Gasteiger partial charge >= 0.3 is 51.4 Å². The van der Waals surface area contributed by atoms with Crippen LogP contribution < -0.4 is 56.7 Å². The van der Waals surface area contributed by atoms with Crippen LogP contribution >= 0.6 is 0 Å². The minimum absolute atomic E-state index is 0. The zero-order valence-corrected chi connectivity index (χ0v) is 23.1. The number of ketones is 4. The van der Waals surface area contributed by atoms with Crippen molar-refractivity contribution in [1.82, 2.24) is 5.32 Å². The summed E-state index contributed by atoms with van der Waals surface area (Å²) in [7, 11) is 0. The molecule has 6 heterocycles. The third-order valence-electron chi connectivity index (χ3n) is 6.97. The number of amides is 2. The van der Waals surface area contributed by atoms with Gasteiger partial charge in [-0.1, -0.05) is 39.2 Å². The van der Waals surface area contributed by atoms with Crippen molar-refractivity contribution in [2.24, 2.45) is 23.7 Å². The number of hydrogen-bond acceptors (Lipinski definition) is 9. The monoisotopic (exact) mass is 567 g/mol. The van der Waals surface area contributed by atoms with E-state index in [2.05, 4.69) is 9.73 Å². The molecule has 39 heavy (non-hydrogen) atoms. The molecule has 5 aliphatic heterocycles. The smallest absolute Gasteiger partial charge is 0.473 e. The standard InChI is InChI=1S/C9H8O3.C8H7NO3.C5H4O2.C4H4O.2CH4.K.H2/c10-4-3-5(11)9-7-2-1-6(12-7)8(4)9;10-7-5-3-1-2-4(12-3)6(5)8(11)9-7;6-4-1-2-5(7)3-4;1-2-4-5-3-1;;;;/h1-2,6-9H,3H2;1-6H,(H,9,10,11);1-2H,3H2;1-4H;2*1H4;;1H/q;;;;;;+1;/i;;;;;;;1+1. The topological polar surface area (TPSA) is 146 Å². The minimum atomic E-state index is -0.257. The van der Waals surface area contributed by atoms with Gasteiger partial charge in [-0.15, -0.1) is 0 Å². The van der Waals surface area contributed by atoms with Gasteiger partial charge in [-0.3, -0.25) is 34.1 Å². The maximum absolute atomic E-state index is 11.3. The second-order valence-electron chi connectivity index (χ2n) is 9.20. The molecule has 8 unspecified atom stereocenters. The zero-order valence-electron chi connectivity index (χ0n) is 20.0. The van der Waals surface area contributed by atoms with Gasteiger partial charge in [0, 0.05) is 1.43 Å². The number of ether oxygens (including phenoxy) is 2. The van der Waals surface area contributed by atoms with Crippen molar-refractivity contribution in [3.8, 4) is 0 Å². The SMILES string of the molecule is C.C.O=C1C=CC(=O)C1.O=C1CC(=O)C2C3C=CC(O3)C12.O=C1NC(=O)C2C3C=CC(O3)C12.[2HH].[K+].c1ccoc1. The summed E-state index contributed by atoms with van der Waals surface area (Å²) in [6, 6.07) is 3.67. The van der Waals surface area contributed by atoms with Gasteiger partial charge in [0.1, 0.15) is 11.6 Å². The predicted molar refractivity (Wildman–Crippen MR) is 135 cm³/mol. The Balaban J connectivity index is 0.000000271. The normalized spacial score (nSPS) is 34.4. The minimum Gasteiger partial charge on any atom is -0.473 e. The van der Waals surface area contributed by atoms with Crippen molar-refractivity contribution in [3.05, 3.63) is 61.1 Å². The van der Waals surface area contributed by atoms with Crippen molar-refractivity contribution in [1.29, 1.82) is 0 Å². The molecule has 8 rings (SSSR count). The molecule has 4 bridgehead atoms. The van der Waals surface area contributed by atoms with Crippen LogP contribution in [-0.4, -0.2) is 59.4 Å². The van der Waals surface area contributed by atoms with E-state index in [0.717, 1.165) is 0 Å². The van der Waals surface area contributed by atoms with Crippen LogP contribution in [0.3, 0.4) is 0 Å². The van der Waals surface area contributed by atoms with E-state index in [1.165, 1.54) is 12.2 Å². The van der Waals surface area contributed by atoms with Crippen LogP contribution in [0.25, 0.3) is 0 Å². The largest absolute Gasteiger partial charge is 1.00 e. The van der Waals surface area contributed by atoms with Crippen molar-refractivity contribution < 1.29 is 95.5 Å². The molecule has 10 nitrogen and oxygen atoms in total. The Labute approximate surface area is 270 Å². The van der Waals surface area contributed by atoms with Crippen LogP contribution in [0.15, 0.2) is 65.5 Å². The molecule has 2 amide bonds. The first-order valence-corrected chi connectivity index (χ1v) is 11.6. The van der Waals surface area contributed by atoms with Crippen LogP contribution in [0.5, 0.6) is 0 Å². The summed E-state index contributed by atoms with van der Waals surface area (Å²) in [6.07, 6.45) is 13.1. The summed E-state index contributed by atoms with van der Waals surface area (Å²) < 4.78 is 15.4. The molecule has 4 fully saturated rings. The molecule has 204 valence electrons. The molecule has 2 aliphatic carbocycles. The molecule has 1 N–H and O–H groups in total. The quantitative estimate of drug-likeness (QED) is 0.184. The first-order valence-electron chi connectivity index (χ1n) is 11.6. The van der Waals surface area contributed by atoms with Gasteiger partial charge in [0.2, 0.25) is 11.8 Å². The number of nitrogens with one attached hydrogen (secondary N) is 1. The summed E-state index contributed by atoms with van der Waals surface area (Å²) >= 11 is 0. The molecule has 1 aromatic heterocycles. The fourth-order valence-corrected chi connectivity index (χ4v) is 5.41. The Morgan fingerprint density at radius 2 is 1.00 bits per heavy atom. The van der Waals surface area contributed by atoms with Crippen molar-refractivity contribution in [3.63, 3.8) is 0 Å². The van der Waals surface area contributed by atoms with Crippen LogP contribution in [0.2, 0.25) is 0 Å². The van der Waals surface area contributed by atoms with E-state index in [0.29, 0.717) is 0 Å². The van der Waals surface area contributed by atoms with Gasteiger partial charge in [-0.2, -0.15) is 0 Å². The molecule has 0 aromatic carbocycles. The van der Waals surface area contributed by atoms with E-state index < -0.39 is 0 Å². The Morgan fingerprint density at radius 3 is 1.31 bits per heavy atom. The van der Waals surface area contributed by atoms with Gasteiger partial charge in [0.15, 0.2) is 11.6 Å². The maximum atomic E-state index is 11.3. The second kappa shape index (κ2) is 14.0. The molecule has 1 saturated carbocycles. The fraction of sp³-hybridized carbons (Fsp3) is 0.429. The van der Waals surface area contributed by atoms with Crippen molar-refractivity contribution in [2.45, 2.75) is 52.1 Å². The average Bonchev–Trinajstić information content (AvgIpc) is 3.69. The molecule has 3 saturated heterocycles. The second-order valence-corrected chi connectivity index (χ2v) is 9.20. The Kier molecular flexibility index (Phi) is 11.9. The Hall–Kier alpha value is -2.12. The van der Waals surface area contributed by atoms with Crippen molar-refractivity contribution in [2.75, 3.05) is 0 Å². The molecule has 0 radical (unpaired) electrons. The predicted octanol–water partition coefficient (Wildman–Crippen LogP) is -0.803. The third-order valence-corrected chi connectivity index (χ3v) is 6.97. The molecule has 7 aliphatic rings. The molecular formula is C28H33KNO9+. The number of carbonyl (C=O) groups is 6. The van der Waals surface area contributed by atoms with Gasteiger partial charge in [-0.05, 0) is 24.3 Å². The van der Waals surface area contributed by atoms with E-state index in [-0.39, 0.29) is 164 Å². The van der Waals surface area contributed by atoms with E-state index in [9.17, 15) is 28.8 Å². The summed E-state index contributed by atoms with van der Waals surface area (Å²) in [6.45, 7) is 0. The van der Waals surface area contributed by atoms with Gasteiger partial charge in [0.25, 0.3) is 0 Å². The zero-order chi connectivity index (χ0) is 25.4. The molecule has 0 spiro atoms. The molecule has 8 atom stereocenters. The third kappa shape index (κ3) is 6.79. The fourth-order valence-electron chi connectivity index (χ4n) is 5.41. The van der Waals surface area contributed by atoms with E-state index in [1.807, 2.05) is 36.4 Å². The van der Waals surface area contributed by atoms with Gasteiger partial charge in [0.05, 0.1) is 73.5 Å².